The van der Waals surface area contributed by atoms with Crippen molar-refractivity contribution in [2.45, 2.75) is 25.7 Å². The molecule has 2 bridgehead atoms. The molecule has 0 spiro atoms. The molecule has 3 rings (SSSR count). The van der Waals surface area contributed by atoms with Crippen LogP contribution in [0.2, 0.25) is 0 Å². The predicted molar refractivity (Wildman–Crippen MR) is 76.1 cm³/mol. The number of carbonyl (C=O) groups excluding carboxylic acids is 1. The molecular formula is C14H17BrN2O. The first-order valence-corrected chi connectivity index (χ1v) is 7.28. The van der Waals surface area contributed by atoms with Crippen molar-refractivity contribution in [3.8, 4) is 0 Å². The van der Waals surface area contributed by atoms with Gasteiger partial charge in [0.1, 0.15) is 0 Å². The van der Waals surface area contributed by atoms with Gasteiger partial charge in [-0.25, -0.2) is 0 Å². The van der Waals surface area contributed by atoms with Gasteiger partial charge >= 0.3 is 0 Å². The van der Waals surface area contributed by atoms with Crippen LogP contribution < -0.4 is 11.1 Å². The van der Waals surface area contributed by atoms with Gasteiger partial charge < -0.3 is 11.1 Å². The zero-order valence-electron chi connectivity index (χ0n) is 10.2. The molecule has 3 nitrogen and oxygen atoms in total. The number of rotatable bonds is 2. The summed E-state index contributed by atoms with van der Waals surface area (Å²) in [6, 6.07) is 5.47. The second-order valence-electron chi connectivity index (χ2n) is 5.51. The first-order chi connectivity index (χ1) is 8.63. The molecule has 18 heavy (non-hydrogen) atoms. The molecule has 2 aliphatic carbocycles. The molecule has 4 heteroatoms. The SMILES string of the molecule is Nc1ccc(NC(=O)C2CC3CCC2C3)c(Br)c1. The Kier molecular flexibility index (Phi) is 3.06. The molecule has 3 unspecified atom stereocenters. The zero-order valence-corrected chi connectivity index (χ0v) is 11.7. The van der Waals surface area contributed by atoms with E-state index in [-0.39, 0.29) is 11.8 Å². The van der Waals surface area contributed by atoms with Crippen LogP contribution in [0.25, 0.3) is 0 Å². The number of hydrogen-bond donors (Lipinski definition) is 2. The van der Waals surface area contributed by atoms with Gasteiger partial charge in [-0.15, -0.1) is 0 Å². The third-order valence-electron chi connectivity index (χ3n) is 4.33. The summed E-state index contributed by atoms with van der Waals surface area (Å²) in [4.78, 5) is 12.3. The second kappa shape index (κ2) is 4.57. The lowest BCUT2D eigenvalue weighted by Crippen LogP contribution is -2.27. The van der Waals surface area contributed by atoms with Gasteiger partial charge in [-0.1, -0.05) is 6.42 Å². The first-order valence-electron chi connectivity index (χ1n) is 6.49. The number of halogens is 1. The van der Waals surface area contributed by atoms with Crippen LogP contribution in [0.5, 0.6) is 0 Å². The van der Waals surface area contributed by atoms with Crippen molar-refractivity contribution in [2.75, 3.05) is 11.1 Å². The summed E-state index contributed by atoms with van der Waals surface area (Å²) in [5, 5.41) is 3.02. The van der Waals surface area contributed by atoms with E-state index in [9.17, 15) is 4.79 Å². The highest BCUT2D eigenvalue weighted by atomic mass is 79.9. The van der Waals surface area contributed by atoms with Crippen LogP contribution in [-0.4, -0.2) is 5.91 Å². The number of nitrogen functional groups attached to an aromatic ring is 1. The Morgan fingerprint density at radius 2 is 2.17 bits per heavy atom. The van der Waals surface area contributed by atoms with E-state index in [1.54, 1.807) is 6.07 Å². The lowest BCUT2D eigenvalue weighted by atomic mass is 9.88. The van der Waals surface area contributed by atoms with Crippen LogP contribution >= 0.6 is 15.9 Å². The monoisotopic (exact) mass is 308 g/mol. The van der Waals surface area contributed by atoms with Crippen LogP contribution in [0.15, 0.2) is 22.7 Å². The lowest BCUT2D eigenvalue weighted by molar-refractivity contribution is -0.121. The Morgan fingerprint density at radius 3 is 2.78 bits per heavy atom. The van der Waals surface area contributed by atoms with Gasteiger partial charge in [0, 0.05) is 16.1 Å². The molecule has 0 heterocycles. The van der Waals surface area contributed by atoms with Crippen molar-refractivity contribution in [1.82, 2.24) is 0 Å². The summed E-state index contributed by atoms with van der Waals surface area (Å²) in [5.74, 6) is 1.80. The van der Waals surface area contributed by atoms with E-state index in [2.05, 4.69) is 21.2 Å². The average Bonchev–Trinajstić information content (AvgIpc) is 2.94. The number of carbonyl (C=O) groups is 1. The summed E-state index contributed by atoms with van der Waals surface area (Å²) in [6.45, 7) is 0. The molecular weight excluding hydrogens is 292 g/mol. The topological polar surface area (TPSA) is 55.1 Å². The van der Waals surface area contributed by atoms with Gasteiger partial charge in [-0.05, 0) is 65.2 Å². The smallest absolute Gasteiger partial charge is 0.227 e. The summed E-state index contributed by atoms with van der Waals surface area (Å²) in [6.07, 6.45) is 4.87. The van der Waals surface area contributed by atoms with Gasteiger partial charge in [0.15, 0.2) is 0 Å². The van der Waals surface area contributed by atoms with Gasteiger partial charge in [-0.3, -0.25) is 4.79 Å². The highest BCUT2D eigenvalue weighted by molar-refractivity contribution is 9.10. The molecule has 1 aromatic carbocycles. The summed E-state index contributed by atoms with van der Waals surface area (Å²) < 4.78 is 0.846. The Morgan fingerprint density at radius 1 is 1.33 bits per heavy atom. The zero-order chi connectivity index (χ0) is 12.7. The summed E-state index contributed by atoms with van der Waals surface area (Å²) >= 11 is 3.43. The highest BCUT2D eigenvalue weighted by Crippen LogP contribution is 2.48. The molecule has 2 saturated carbocycles. The Balaban J connectivity index is 1.71. The highest BCUT2D eigenvalue weighted by Gasteiger charge is 2.43. The number of amides is 1. The van der Waals surface area contributed by atoms with Crippen molar-refractivity contribution in [3.05, 3.63) is 22.7 Å². The van der Waals surface area contributed by atoms with E-state index >= 15 is 0 Å². The van der Waals surface area contributed by atoms with Crippen molar-refractivity contribution < 1.29 is 4.79 Å². The number of nitrogens with one attached hydrogen (secondary N) is 1. The molecule has 0 aromatic heterocycles. The molecule has 96 valence electrons. The molecule has 0 saturated heterocycles. The maximum absolute atomic E-state index is 12.3. The van der Waals surface area contributed by atoms with E-state index in [0.29, 0.717) is 11.6 Å². The van der Waals surface area contributed by atoms with Gasteiger partial charge in [-0.2, -0.15) is 0 Å². The number of anilines is 2. The third kappa shape index (κ3) is 2.14. The van der Waals surface area contributed by atoms with Crippen molar-refractivity contribution in [2.24, 2.45) is 17.8 Å². The Labute approximate surface area is 115 Å². The molecule has 1 aromatic rings. The fourth-order valence-corrected chi connectivity index (χ4v) is 3.92. The standard InChI is InChI=1S/C14H17BrN2O/c15-12-7-10(16)3-4-13(12)17-14(18)11-6-8-1-2-9(11)5-8/h3-4,7-9,11H,1-2,5-6,16H2,(H,17,18). The molecule has 1 amide bonds. The number of hydrogen-bond acceptors (Lipinski definition) is 2. The number of fused-ring (bicyclic) bond motifs is 2. The number of nitrogens with two attached hydrogens (primary N) is 1. The van der Waals surface area contributed by atoms with E-state index in [1.807, 2.05) is 12.1 Å². The van der Waals surface area contributed by atoms with Crippen LogP contribution in [0.4, 0.5) is 11.4 Å². The normalized spacial score (nSPS) is 29.5. The fraction of sp³-hybridized carbons (Fsp3) is 0.500. The minimum atomic E-state index is 0.174. The van der Waals surface area contributed by atoms with Gasteiger partial charge in [0.25, 0.3) is 0 Å². The van der Waals surface area contributed by atoms with Gasteiger partial charge in [0.05, 0.1) is 5.69 Å². The van der Waals surface area contributed by atoms with E-state index in [1.165, 1.54) is 19.3 Å². The maximum atomic E-state index is 12.3. The lowest BCUT2D eigenvalue weighted by Gasteiger charge is -2.21. The summed E-state index contributed by atoms with van der Waals surface area (Å²) in [7, 11) is 0. The van der Waals surface area contributed by atoms with E-state index < -0.39 is 0 Å². The fourth-order valence-electron chi connectivity index (χ4n) is 3.42. The van der Waals surface area contributed by atoms with Crippen LogP contribution in [0.3, 0.4) is 0 Å². The largest absolute Gasteiger partial charge is 0.399 e. The second-order valence-corrected chi connectivity index (χ2v) is 6.36. The van der Waals surface area contributed by atoms with Crippen LogP contribution in [0.1, 0.15) is 25.7 Å². The minimum absolute atomic E-state index is 0.174. The maximum Gasteiger partial charge on any atom is 0.227 e. The Bertz CT molecular complexity index is 489. The quantitative estimate of drug-likeness (QED) is 0.823. The molecule has 0 aliphatic heterocycles. The van der Waals surface area contributed by atoms with E-state index in [0.717, 1.165) is 22.5 Å². The average molecular weight is 309 g/mol. The molecule has 2 aliphatic rings. The molecule has 3 N–H and O–H groups in total. The molecule has 3 atom stereocenters. The van der Waals surface area contributed by atoms with Gasteiger partial charge in [0.2, 0.25) is 5.91 Å². The van der Waals surface area contributed by atoms with Crippen molar-refractivity contribution in [3.63, 3.8) is 0 Å². The molecule has 2 fully saturated rings. The first kappa shape index (κ1) is 12.0. The Hall–Kier alpha value is -1.03. The van der Waals surface area contributed by atoms with Crippen molar-refractivity contribution in [1.29, 1.82) is 0 Å². The third-order valence-corrected chi connectivity index (χ3v) is 4.98. The summed E-state index contributed by atoms with van der Waals surface area (Å²) in [5.41, 5.74) is 7.20. The van der Waals surface area contributed by atoms with Crippen LogP contribution in [0, 0.1) is 17.8 Å². The van der Waals surface area contributed by atoms with Crippen molar-refractivity contribution >= 4 is 33.2 Å². The molecule has 0 radical (unpaired) electrons. The van der Waals surface area contributed by atoms with E-state index in [4.69, 9.17) is 5.73 Å². The van der Waals surface area contributed by atoms with Crippen LogP contribution in [-0.2, 0) is 4.79 Å². The predicted octanol–water partition coefficient (Wildman–Crippen LogP) is 3.41. The number of benzene rings is 1. The minimum Gasteiger partial charge on any atom is -0.399 e.